The van der Waals surface area contributed by atoms with Crippen LogP contribution in [0.4, 0.5) is 0 Å². The molecule has 0 amide bonds. The molecule has 2 aliphatic carbocycles. The molecule has 6 heterocycles. The fraction of sp³-hybridized carbons (Fsp3) is 0.581. The highest BCUT2D eigenvalue weighted by atomic mass is 16.5. The van der Waals surface area contributed by atoms with E-state index in [1.807, 2.05) is 0 Å². The molecular weight excluding hydrogens is 652 g/mol. The van der Waals surface area contributed by atoms with E-state index in [4.69, 9.17) is 14.2 Å². The van der Waals surface area contributed by atoms with E-state index in [0.717, 1.165) is 91.6 Å². The normalized spacial score (nSPS) is 33.8. The molecule has 4 fully saturated rings. The largest absolute Gasteiger partial charge is 0.496 e. The van der Waals surface area contributed by atoms with Crippen molar-refractivity contribution in [2.45, 2.75) is 82.2 Å². The van der Waals surface area contributed by atoms with E-state index in [1.165, 1.54) is 28.6 Å². The molecule has 2 aromatic carbocycles. The maximum Gasteiger partial charge on any atom is 0.319 e. The molecule has 276 valence electrons. The minimum Gasteiger partial charge on any atom is -0.496 e. The van der Waals surface area contributed by atoms with E-state index in [0.29, 0.717) is 17.8 Å². The van der Waals surface area contributed by atoms with Gasteiger partial charge < -0.3 is 29.1 Å². The van der Waals surface area contributed by atoms with E-state index in [-0.39, 0.29) is 41.8 Å². The second-order valence-electron chi connectivity index (χ2n) is 16.7. The first-order chi connectivity index (χ1) is 25.3. The fourth-order valence-corrected chi connectivity index (χ4v) is 12.4. The highest BCUT2D eigenvalue weighted by Gasteiger charge is 2.63. The Morgan fingerprint density at radius 3 is 2.48 bits per heavy atom. The van der Waals surface area contributed by atoms with Crippen molar-refractivity contribution in [3.05, 3.63) is 64.5 Å². The van der Waals surface area contributed by atoms with Gasteiger partial charge in [-0.2, -0.15) is 0 Å². The molecule has 4 aliphatic heterocycles. The van der Waals surface area contributed by atoms with E-state index in [9.17, 15) is 9.59 Å². The lowest BCUT2D eigenvalue weighted by Crippen LogP contribution is -2.67. The van der Waals surface area contributed by atoms with Crippen molar-refractivity contribution in [1.82, 2.24) is 19.8 Å². The minimum atomic E-state index is -0.718. The Labute approximate surface area is 306 Å². The Bertz CT molecular complexity index is 2050. The SMILES string of the molecule is CC[C@@H]1CN(C)[C@H]2Cc3c([nH]c4ccccc34)[C@H](c3cc4[nH]c5c(c4cc3OC)CCN3C[C@@H]4C[C@H](CC)[C@H]3[C@@]5(C(=O)OC)C4)C[C@H]1[C@@H]2C(=O)OC. The number of aromatic nitrogens is 2. The summed E-state index contributed by atoms with van der Waals surface area (Å²) in [5.74, 6) is 1.79. The zero-order valence-corrected chi connectivity index (χ0v) is 31.6. The number of para-hydroxylation sites is 1. The van der Waals surface area contributed by atoms with Crippen LogP contribution in [0.2, 0.25) is 0 Å². The summed E-state index contributed by atoms with van der Waals surface area (Å²) < 4.78 is 17.7. The standard InChI is InChI=1S/C43H54N4O5/c1-7-24-15-23-20-43(42(49)52-6)39-27(13-14-47(21-23)40(24)43)29-19-36(50-4)30(17-34(29)45-39)31-16-28-25(8-2)22-46(3)35(37(28)41(48)51-5)18-32-26-11-9-10-12-33(26)44-38(31)32/h9-12,17,19,23-25,28,31,35,37,40,44-45H,7-8,13-16,18,20-22H2,1-6H3/t23-,24+,25-,28-,31+,35+,37+,40+,43-/m1/s1. The van der Waals surface area contributed by atoms with Gasteiger partial charge in [-0.1, -0.05) is 44.9 Å². The number of esters is 2. The molecule has 6 bridgehead atoms. The van der Waals surface area contributed by atoms with Gasteiger partial charge in [0.2, 0.25) is 0 Å². The third-order valence-corrected chi connectivity index (χ3v) is 14.6. The number of piperidine rings is 3. The van der Waals surface area contributed by atoms with Crippen LogP contribution in [0.1, 0.15) is 79.9 Å². The van der Waals surface area contributed by atoms with E-state index in [2.05, 4.69) is 77.1 Å². The number of carbonyl (C=O) groups is 2. The van der Waals surface area contributed by atoms with Gasteiger partial charge in [-0.05, 0) is 92.1 Å². The Morgan fingerprint density at radius 2 is 1.73 bits per heavy atom. The van der Waals surface area contributed by atoms with Crippen molar-refractivity contribution in [3.8, 4) is 5.75 Å². The van der Waals surface area contributed by atoms with Gasteiger partial charge in [-0.15, -0.1) is 0 Å². The molecule has 4 aromatic rings. The first-order valence-electron chi connectivity index (χ1n) is 19.7. The predicted molar refractivity (Wildman–Crippen MR) is 202 cm³/mol. The predicted octanol–water partition coefficient (Wildman–Crippen LogP) is 6.57. The Kier molecular flexibility index (Phi) is 8.27. The maximum absolute atomic E-state index is 14.2. The molecule has 9 heteroatoms. The third kappa shape index (κ3) is 4.73. The Hall–Kier alpha value is -3.82. The van der Waals surface area contributed by atoms with Crippen molar-refractivity contribution < 1.29 is 23.8 Å². The van der Waals surface area contributed by atoms with Crippen LogP contribution in [0, 0.1) is 29.6 Å². The number of carbonyl (C=O) groups excluding carboxylic acids is 2. The smallest absolute Gasteiger partial charge is 0.319 e. The van der Waals surface area contributed by atoms with Crippen molar-refractivity contribution in [1.29, 1.82) is 0 Å². The van der Waals surface area contributed by atoms with Gasteiger partial charge in [-0.3, -0.25) is 14.5 Å². The number of ether oxygens (including phenoxy) is 3. The molecule has 10 atom stereocenters. The number of hydrogen-bond acceptors (Lipinski definition) is 7. The van der Waals surface area contributed by atoms with Crippen molar-refractivity contribution in [3.63, 3.8) is 0 Å². The number of H-pyrrole nitrogens is 2. The van der Waals surface area contributed by atoms with Crippen LogP contribution < -0.4 is 4.74 Å². The number of aromatic amines is 2. The molecule has 2 aromatic heterocycles. The summed E-state index contributed by atoms with van der Waals surface area (Å²) in [5, 5.41) is 2.35. The lowest BCUT2D eigenvalue weighted by molar-refractivity contribution is -0.162. The lowest BCUT2D eigenvalue weighted by Gasteiger charge is -2.57. The molecule has 3 saturated heterocycles. The van der Waals surface area contributed by atoms with Crippen LogP contribution in [0.25, 0.3) is 21.8 Å². The number of nitrogens with zero attached hydrogens (tertiary/aromatic N) is 2. The number of hydrogen-bond donors (Lipinski definition) is 2. The number of benzene rings is 2. The first kappa shape index (κ1) is 34.0. The van der Waals surface area contributed by atoms with Crippen molar-refractivity contribution in [2.75, 3.05) is 48.0 Å². The average Bonchev–Trinajstić information content (AvgIpc) is 3.69. The van der Waals surface area contributed by atoms with Crippen molar-refractivity contribution >= 4 is 33.7 Å². The van der Waals surface area contributed by atoms with E-state index >= 15 is 0 Å². The van der Waals surface area contributed by atoms with Crippen LogP contribution in [-0.4, -0.2) is 91.8 Å². The second kappa shape index (κ2) is 12.7. The van der Waals surface area contributed by atoms with E-state index < -0.39 is 5.41 Å². The van der Waals surface area contributed by atoms with Gasteiger partial charge >= 0.3 is 11.9 Å². The van der Waals surface area contributed by atoms with Gasteiger partial charge in [0.15, 0.2) is 0 Å². The van der Waals surface area contributed by atoms with Gasteiger partial charge in [0, 0.05) is 76.4 Å². The average molecular weight is 707 g/mol. The summed E-state index contributed by atoms with van der Waals surface area (Å²) in [7, 11) is 7.06. The third-order valence-electron chi connectivity index (χ3n) is 14.6. The molecule has 1 saturated carbocycles. The summed E-state index contributed by atoms with van der Waals surface area (Å²) in [6.07, 6.45) is 6.50. The minimum absolute atomic E-state index is 0.0411. The lowest BCUT2D eigenvalue weighted by atomic mass is 9.56. The maximum atomic E-state index is 14.2. The monoisotopic (exact) mass is 706 g/mol. The fourth-order valence-electron chi connectivity index (χ4n) is 12.4. The quantitative estimate of drug-likeness (QED) is 0.219. The van der Waals surface area contributed by atoms with Gasteiger partial charge in [0.1, 0.15) is 11.2 Å². The highest BCUT2D eigenvalue weighted by Crippen LogP contribution is 2.56. The van der Waals surface area contributed by atoms with Crippen molar-refractivity contribution in [2.24, 2.45) is 29.6 Å². The summed E-state index contributed by atoms with van der Waals surface area (Å²) in [5.41, 5.74) is 7.34. The topological polar surface area (TPSA) is 99.9 Å². The van der Waals surface area contributed by atoms with E-state index in [1.54, 1.807) is 21.3 Å². The number of methoxy groups -OCH3 is 3. The molecule has 10 rings (SSSR count). The summed E-state index contributed by atoms with van der Waals surface area (Å²) in [6, 6.07) is 13.3. The summed E-state index contributed by atoms with van der Waals surface area (Å²) in [4.78, 5) is 40.9. The molecule has 9 nitrogen and oxygen atoms in total. The molecule has 1 unspecified atom stereocenters. The molecule has 6 aliphatic rings. The zero-order valence-electron chi connectivity index (χ0n) is 31.6. The highest BCUT2D eigenvalue weighted by molar-refractivity contribution is 5.93. The van der Waals surface area contributed by atoms with Gasteiger partial charge in [0.25, 0.3) is 0 Å². The van der Waals surface area contributed by atoms with Gasteiger partial charge in [-0.25, -0.2) is 0 Å². The van der Waals surface area contributed by atoms with Crippen LogP contribution >= 0.6 is 0 Å². The number of fused-ring (bicyclic) bond motifs is 9. The molecule has 52 heavy (non-hydrogen) atoms. The Balaban J connectivity index is 1.26. The second-order valence-corrected chi connectivity index (χ2v) is 16.7. The van der Waals surface area contributed by atoms with Crippen LogP contribution in [0.15, 0.2) is 36.4 Å². The number of rotatable bonds is 6. The van der Waals surface area contributed by atoms with Crippen LogP contribution in [-0.2, 0) is 37.3 Å². The Morgan fingerprint density at radius 1 is 0.923 bits per heavy atom. The number of nitrogens with one attached hydrogen (secondary N) is 2. The van der Waals surface area contributed by atoms with Crippen LogP contribution in [0.5, 0.6) is 5.75 Å². The number of likely N-dealkylation sites (N-methyl/N-ethyl adjacent to an activating group) is 1. The van der Waals surface area contributed by atoms with Crippen LogP contribution in [0.3, 0.4) is 0 Å². The zero-order chi connectivity index (χ0) is 36.1. The summed E-state index contributed by atoms with van der Waals surface area (Å²) >= 11 is 0. The molecule has 2 N–H and O–H groups in total. The first-order valence-corrected chi connectivity index (χ1v) is 19.7. The summed E-state index contributed by atoms with van der Waals surface area (Å²) in [6.45, 7) is 7.49. The molecular formula is C43H54N4O5. The molecule has 0 radical (unpaired) electrons. The molecule has 0 spiro atoms. The van der Waals surface area contributed by atoms with Gasteiger partial charge in [0.05, 0.1) is 27.2 Å². The number of likely N-dealkylation sites (tertiary alicyclic amines) is 1.